The van der Waals surface area contributed by atoms with Gasteiger partial charge in [-0.05, 0) is 13.3 Å². The lowest BCUT2D eigenvalue weighted by Gasteiger charge is -2.22. The van der Waals surface area contributed by atoms with Crippen LogP contribution in [-0.4, -0.2) is 27.0 Å². The third-order valence-corrected chi connectivity index (χ3v) is 4.28. The first-order valence-electron chi connectivity index (χ1n) is 6.15. The van der Waals surface area contributed by atoms with Crippen LogP contribution in [0.1, 0.15) is 46.0 Å². The zero-order valence-electron chi connectivity index (χ0n) is 10.5. The van der Waals surface area contributed by atoms with Crippen molar-refractivity contribution in [3.63, 3.8) is 0 Å². The topological polar surface area (TPSA) is 9.23 Å². The predicted molar refractivity (Wildman–Crippen MR) is 85.8 cm³/mol. The van der Waals surface area contributed by atoms with E-state index in [2.05, 4.69) is 52.1 Å². The molecule has 2 atom stereocenters. The van der Waals surface area contributed by atoms with Gasteiger partial charge in [-0.3, -0.25) is 0 Å². The molecule has 0 aliphatic heterocycles. The van der Waals surface area contributed by atoms with Crippen molar-refractivity contribution in [2.75, 3.05) is 13.2 Å². The van der Waals surface area contributed by atoms with Gasteiger partial charge in [-0.2, -0.15) is 0 Å². The van der Waals surface area contributed by atoms with Crippen molar-refractivity contribution >= 4 is 45.2 Å². The van der Waals surface area contributed by atoms with E-state index in [1.54, 1.807) is 0 Å². The standard InChI is InChI=1S/C12H22F2I2O/c1-3-5-6-10(15)7-12(13,14)8-11(16)9-17-4-2/h10-11H,3-9H2,1-2H3. The zero-order chi connectivity index (χ0) is 13.3. The maximum absolute atomic E-state index is 13.7. The fraction of sp³-hybridized carbons (Fsp3) is 1.00. The van der Waals surface area contributed by atoms with Crippen LogP contribution in [0.4, 0.5) is 8.78 Å². The largest absolute Gasteiger partial charge is 0.381 e. The van der Waals surface area contributed by atoms with Gasteiger partial charge < -0.3 is 4.74 Å². The molecule has 0 aromatic carbocycles. The van der Waals surface area contributed by atoms with Crippen molar-refractivity contribution in [1.29, 1.82) is 0 Å². The second kappa shape index (κ2) is 10.1. The number of alkyl halides is 4. The first-order chi connectivity index (χ1) is 7.91. The molecule has 0 aliphatic carbocycles. The SMILES string of the molecule is CCCCC(I)CC(F)(F)CC(I)COCC. The molecule has 104 valence electrons. The predicted octanol–water partition coefficient (Wildman–Crippen LogP) is 5.24. The molecular formula is C12H22F2I2O. The fourth-order valence-corrected chi connectivity index (χ4v) is 3.55. The normalized spacial score (nSPS) is 15.9. The van der Waals surface area contributed by atoms with Gasteiger partial charge in [0, 0.05) is 27.3 Å². The van der Waals surface area contributed by atoms with Crippen molar-refractivity contribution in [1.82, 2.24) is 0 Å². The van der Waals surface area contributed by atoms with Crippen molar-refractivity contribution in [3.05, 3.63) is 0 Å². The van der Waals surface area contributed by atoms with E-state index in [0.717, 1.165) is 19.3 Å². The van der Waals surface area contributed by atoms with E-state index in [1.165, 1.54) is 0 Å². The summed E-state index contributed by atoms with van der Waals surface area (Å²) in [6.45, 7) is 4.99. The van der Waals surface area contributed by atoms with Crippen LogP contribution in [0.25, 0.3) is 0 Å². The Morgan fingerprint density at radius 2 is 1.71 bits per heavy atom. The molecule has 0 amide bonds. The van der Waals surface area contributed by atoms with E-state index in [9.17, 15) is 8.78 Å². The van der Waals surface area contributed by atoms with Crippen molar-refractivity contribution in [2.45, 2.75) is 59.7 Å². The van der Waals surface area contributed by atoms with Gasteiger partial charge in [-0.1, -0.05) is 64.9 Å². The van der Waals surface area contributed by atoms with Crippen LogP contribution in [0.2, 0.25) is 0 Å². The van der Waals surface area contributed by atoms with Gasteiger partial charge in [-0.25, -0.2) is 8.78 Å². The summed E-state index contributed by atoms with van der Waals surface area (Å²) in [5, 5.41) is 0. The van der Waals surface area contributed by atoms with E-state index in [0.29, 0.717) is 13.2 Å². The Hall–Kier alpha value is 1.28. The number of unbranched alkanes of at least 4 members (excludes halogenated alkanes) is 1. The quantitative estimate of drug-likeness (QED) is 0.311. The Balaban J connectivity index is 3.91. The number of rotatable bonds is 10. The highest BCUT2D eigenvalue weighted by Crippen LogP contribution is 2.32. The van der Waals surface area contributed by atoms with Crippen LogP contribution >= 0.6 is 45.2 Å². The lowest BCUT2D eigenvalue weighted by Crippen LogP contribution is -2.27. The van der Waals surface area contributed by atoms with Gasteiger partial charge in [0.1, 0.15) is 0 Å². The molecule has 2 unspecified atom stereocenters. The Morgan fingerprint density at radius 1 is 1.12 bits per heavy atom. The summed E-state index contributed by atoms with van der Waals surface area (Å²) in [6.07, 6.45) is 2.93. The maximum atomic E-state index is 13.7. The van der Waals surface area contributed by atoms with E-state index in [1.807, 2.05) is 6.92 Å². The molecule has 0 aromatic heterocycles. The average molecular weight is 474 g/mol. The van der Waals surface area contributed by atoms with E-state index in [-0.39, 0.29) is 20.7 Å². The van der Waals surface area contributed by atoms with Crippen LogP contribution in [0.5, 0.6) is 0 Å². The van der Waals surface area contributed by atoms with E-state index in [4.69, 9.17) is 4.74 Å². The van der Waals surface area contributed by atoms with Crippen molar-refractivity contribution in [3.8, 4) is 0 Å². The van der Waals surface area contributed by atoms with Gasteiger partial charge >= 0.3 is 0 Å². The first-order valence-corrected chi connectivity index (χ1v) is 8.64. The first kappa shape index (κ1) is 18.3. The monoisotopic (exact) mass is 474 g/mol. The number of ether oxygens (including phenoxy) is 1. The smallest absolute Gasteiger partial charge is 0.250 e. The van der Waals surface area contributed by atoms with Crippen LogP contribution in [0, 0.1) is 0 Å². The highest BCUT2D eigenvalue weighted by Gasteiger charge is 2.33. The highest BCUT2D eigenvalue weighted by molar-refractivity contribution is 14.1. The molecule has 0 saturated heterocycles. The number of hydrogen-bond donors (Lipinski definition) is 0. The second-order valence-electron chi connectivity index (χ2n) is 4.26. The molecule has 0 saturated carbocycles. The minimum atomic E-state index is -2.55. The van der Waals surface area contributed by atoms with Gasteiger partial charge in [0.2, 0.25) is 5.92 Å². The van der Waals surface area contributed by atoms with Crippen LogP contribution in [0.3, 0.4) is 0 Å². The lowest BCUT2D eigenvalue weighted by molar-refractivity contribution is -0.0202. The summed E-state index contributed by atoms with van der Waals surface area (Å²) >= 11 is 4.21. The zero-order valence-corrected chi connectivity index (χ0v) is 14.8. The van der Waals surface area contributed by atoms with Crippen LogP contribution in [-0.2, 0) is 4.74 Å². The highest BCUT2D eigenvalue weighted by atomic mass is 127. The molecule has 0 N–H and O–H groups in total. The Morgan fingerprint density at radius 3 is 2.24 bits per heavy atom. The number of halogens is 4. The third kappa shape index (κ3) is 10.9. The molecule has 0 aromatic rings. The third-order valence-electron chi connectivity index (χ3n) is 2.41. The maximum Gasteiger partial charge on any atom is 0.250 e. The molecule has 0 heterocycles. The Bertz CT molecular complexity index is 173. The minimum absolute atomic E-state index is 0.000807. The summed E-state index contributed by atoms with van der Waals surface area (Å²) in [7, 11) is 0. The molecule has 0 aliphatic rings. The lowest BCUT2D eigenvalue weighted by atomic mass is 10.0. The summed E-state index contributed by atoms with van der Waals surface area (Å²) in [5.74, 6) is -2.55. The van der Waals surface area contributed by atoms with Gasteiger partial charge in [0.05, 0.1) is 6.61 Å². The van der Waals surface area contributed by atoms with E-state index >= 15 is 0 Å². The number of hydrogen-bond acceptors (Lipinski definition) is 1. The van der Waals surface area contributed by atoms with Crippen molar-refractivity contribution in [2.24, 2.45) is 0 Å². The summed E-state index contributed by atoms with van der Waals surface area (Å²) < 4.78 is 32.6. The van der Waals surface area contributed by atoms with Crippen LogP contribution < -0.4 is 0 Å². The second-order valence-corrected chi connectivity index (χ2v) is 7.78. The molecule has 0 fully saturated rings. The van der Waals surface area contributed by atoms with Crippen molar-refractivity contribution < 1.29 is 13.5 Å². The summed E-state index contributed by atoms with van der Waals surface area (Å²) in [6, 6.07) is 0. The van der Waals surface area contributed by atoms with Crippen LogP contribution in [0.15, 0.2) is 0 Å². The molecule has 0 spiro atoms. The molecule has 17 heavy (non-hydrogen) atoms. The van der Waals surface area contributed by atoms with Gasteiger partial charge in [0.15, 0.2) is 0 Å². The molecule has 1 nitrogen and oxygen atoms in total. The van der Waals surface area contributed by atoms with Gasteiger partial charge in [-0.15, -0.1) is 0 Å². The molecule has 0 radical (unpaired) electrons. The summed E-state index contributed by atoms with van der Waals surface area (Å²) in [4.78, 5) is 0. The fourth-order valence-electron chi connectivity index (χ4n) is 1.56. The molecule has 5 heteroatoms. The summed E-state index contributed by atoms with van der Waals surface area (Å²) in [5.41, 5.74) is 0. The van der Waals surface area contributed by atoms with Gasteiger partial charge in [0.25, 0.3) is 0 Å². The molecule has 0 bridgehead atoms. The molecular weight excluding hydrogens is 452 g/mol. The Labute approximate surface area is 131 Å². The average Bonchev–Trinajstić information content (AvgIpc) is 2.22. The Kier molecular flexibility index (Phi) is 10.9. The van der Waals surface area contributed by atoms with E-state index < -0.39 is 5.92 Å². The molecule has 0 rings (SSSR count). The minimum Gasteiger partial charge on any atom is -0.381 e.